The predicted molar refractivity (Wildman–Crippen MR) is 122 cm³/mol. The first-order valence-electron chi connectivity index (χ1n) is 9.97. The summed E-state index contributed by atoms with van der Waals surface area (Å²) in [7, 11) is 1.26. The van der Waals surface area contributed by atoms with Crippen molar-refractivity contribution in [3.8, 4) is 0 Å². The number of amides is 3. The first-order chi connectivity index (χ1) is 14.7. The van der Waals surface area contributed by atoms with Gasteiger partial charge in [-0.05, 0) is 45.9 Å². The second-order valence-corrected chi connectivity index (χ2v) is 8.23. The van der Waals surface area contributed by atoms with Crippen molar-refractivity contribution in [2.24, 2.45) is 0 Å². The first kappa shape index (κ1) is 24.3. The Hall–Kier alpha value is -2.98. The zero-order valence-corrected chi connectivity index (χ0v) is 19.2. The SMILES string of the molecule is COC(=O)Nc1cccc(C(=O)Nc2nc(C(=O)NCCN(C(C)C)C(C)C)cs2)c1. The highest BCUT2D eigenvalue weighted by Gasteiger charge is 2.16. The average Bonchev–Trinajstić information content (AvgIpc) is 3.19. The highest BCUT2D eigenvalue weighted by atomic mass is 32.1. The van der Waals surface area contributed by atoms with Crippen molar-refractivity contribution in [2.75, 3.05) is 30.8 Å². The largest absolute Gasteiger partial charge is 0.453 e. The second-order valence-electron chi connectivity index (χ2n) is 7.37. The topological polar surface area (TPSA) is 113 Å². The van der Waals surface area contributed by atoms with Crippen molar-refractivity contribution < 1.29 is 19.1 Å². The zero-order valence-electron chi connectivity index (χ0n) is 18.4. The normalized spacial score (nSPS) is 11.0. The summed E-state index contributed by atoms with van der Waals surface area (Å²) in [6.07, 6.45) is -0.627. The lowest BCUT2D eigenvalue weighted by Crippen LogP contribution is -2.42. The second kappa shape index (κ2) is 11.4. The number of aromatic nitrogens is 1. The Bertz CT molecular complexity index is 905. The van der Waals surface area contributed by atoms with Crippen molar-refractivity contribution in [3.63, 3.8) is 0 Å². The number of carbonyl (C=O) groups excluding carboxylic acids is 3. The quantitative estimate of drug-likeness (QED) is 0.543. The van der Waals surface area contributed by atoms with E-state index < -0.39 is 12.0 Å². The van der Waals surface area contributed by atoms with Crippen LogP contribution >= 0.6 is 11.3 Å². The summed E-state index contributed by atoms with van der Waals surface area (Å²) in [5.74, 6) is -0.687. The van der Waals surface area contributed by atoms with E-state index in [1.165, 1.54) is 13.2 Å². The number of rotatable bonds is 9. The van der Waals surface area contributed by atoms with Gasteiger partial charge in [0, 0.05) is 41.8 Å². The molecular weight excluding hydrogens is 418 g/mol. The van der Waals surface area contributed by atoms with Crippen molar-refractivity contribution in [3.05, 3.63) is 40.9 Å². The Morgan fingerprint density at radius 2 is 1.81 bits per heavy atom. The van der Waals surface area contributed by atoms with Gasteiger partial charge in [0.25, 0.3) is 11.8 Å². The molecule has 0 saturated heterocycles. The van der Waals surface area contributed by atoms with Gasteiger partial charge < -0.3 is 10.1 Å². The fourth-order valence-electron chi connectivity index (χ4n) is 3.01. The van der Waals surface area contributed by atoms with E-state index in [9.17, 15) is 14.4 Å². The molecule has 31 heavy (non-hydrogen) atoms. The molecule has 0 fully saturated rings. The molecule has 2 aromatic rings. The summed E-state index contributed by atoms with van der Waals surface area (Å²) < 4.78 is 4.54. The molecule has 0 aliphatic rings. The third kappa shape index (κ3) is 7.34. The number of benzene rings is 1. The molecule has 0 unspecified atom stereocenters. The van der Waals surface area contributed by atoms with E-state index in [2.05, 4.69) is 58.3 Å². The Kier molecular flexibility index (Phi) is 8.95. The van der Waals surface area contributed by atoms with Gasteiger partial charge in [-0.2, -0.15) is 0 Å². The maximum Gasteiger partial charge on any atom is 0.411 e. The van der Waals surface area contributed by atoms with E-state index in [1.54, 1.807) is 23.6 Å². The van der Waals surface area contributed by atoms with E-state index in [1.807, 2.05) is 0 Å². The van der Waals surface area contributed by atoms with Crippen LogP contribution in [-0.2, 0) is 4.74 Å². The Balaban J connectivity index is 1.92. The monoisotopic (exact) mass is 447 g/mol. The fourth-order valence-corrected chi connectivity index (χ4v) is 3.70. The van der Waals surface area contributed by atoms with Crippen LogP contribution in [0.25, 0.3) is 0 Å². The maximum absolute atomic E-state index is 12.5. The lowest BCUT2D eigenvalue weighted by Gasteiger charge is -2.30. The molecule has 0 bridgehead atoms. The number of anilines is 2. The summed E-state index contributed by atoms with van der Waals surface area (Å²) in [5.41, 5.74) is 1.01. The molecule has 1 aromatic carbocycles. The third-order valence-electron chi connectivity index (χ3n) is 4.50. The summed E-state index contributed by atoms with van der Waals surface area (Å²) in [4.78, 5) is 42.6. The van der Waals surface area contributed by atoms with Crippen molar-refractivity contribution >= 4 is 40.1 Å². The lowest BCUT2D eigenvalue weighted by molar-refractivity contribution is 0.0934. The standard InChI is InChI=1S/C21H29N5O4S/c1-13(2)26(14(3)4)10-9-22-19(28)17-12-31-20(24-17)25-18(27)15-7-6-8-16(11-15)23-21(29)30-5/h6-8,11-14H,9-10H2,1-5H3,(H,22,28)(H,23,29)(H,24,25,27). The summed E-state index contributed by atoms with van der Waals surface area (Å²) >= 11 is 1.16. The number of carbonyl (C=O) groups is 3. The van der Waals surface area contributed by atoms with Crippen LogP contribution in [-0.4, -0.2) is 60.1 Å². The van der Waals surface area contributed by atoms with Gasteiger partial charge in [-0.3, -0.25) is 25.1 Å². The van der Waals surface area contributed by atoms with Gasteiger partial charge in [-0.15, -0.1) is 11.3 Å². The number of thiazole rings is 1. The van der Waals surface area contributed by atoms with Gasteiger partial charge in [0.2, 0.25) is 0 Å². The minimum Gasteiger partial charge on any atom is -0.453 e. The van der Waals surface area contributed by atoms with E-state index in [4.69, 9.17) is 0 Å². The molecular formula is C21H29N5O4S. The van der Waals surface area contributed by atoms with Crippen LogP contribution in [0.2, 0.25) is 0 Å². The molecule has 1 aromatic heterocycles. The molecule has 0 atom stereocenters. The summed E-state index contributed by atoms with van der Waals surface area (Å²) in [5, 5.41) is 9.95. The lowest BCUT2D eigenvalue weighted by atomic mass is 10.2. The molecule has 0 aliphatic heterocycles. The van der Waals surface area contributed by atoms with E-state index >= 15 is 0 Å². The van der Waals surface area contributed by atoms with Gasteiger partial charge >= 0.3 is 6.09 Å². The molecule has 10 heteroatoms. The molecule has 168 valence electrons. The number of nitrogens with zero attached hydrogens (tertiary/aromatic N) is 2. The molecule has 0 spiro atoms. The van der Waals surface area contributed by atoms with Crippen molar-refractivity contribution in [2.45, 2.75) is 39.8 Å². The number of nitrogens with one attached hydrogen (secondary N) is 3. The molecule has 0 radical (unpaired) electrons. The number of methoxy groups -OCH3 is 1. The molecule has 2 rings (SSSR count). The van der Waals surface area contributed by atoms with Crippen LogP contribution in [0.3, 0.4) is 0 Å². The third-order valence-corrected chi connectivity index (χ3v) is 5.25. The summed E-state index contributed by atoms with van der Waals surface area (Å²) in [6.45, 7) is 9.74. The molecule has 1 heterocycles. The van der Waals surface area contributed by atoms with Crippen LogP contribution < -0.4 is 16.0 Å². The Morgan fingerprint density at radius 3 is 2.45 bits per heavy atom. The van der Waals surface area contributed by atoms with Crippen LogP contribution in [0.15, 0.2) is 29.6 Å². The molecule has 0 saturated carbocycles. The van der Waals surface area contributed by atoms with Crippen molar-refractivity contribution in [1.29, 1.82) is 0 Å². The van der Waals surface area contributed by atoms with E-state index in [0.29, 0.717) is 35.0 Å². The minimum absolute atomic E-state index is 0.252. The average molecular weight is 448 g/mol. The van der Waals surface area contributed by atoms with Crippen LogP contribution in [0.5, 0.6) is 0 Å². The van der Waals surface area contributed by atoms with Gasteiger partial charge in [0.05, 0.1) is 7.11 Å². The summed E-state index contributed by atoms with van der Waals surface area (Å²) in [6, 6.07) is 7.17. The van der Waals surface area contributed by atoms with Crippen LogP contribution in [0.1, 0.15) is 48.5 Å². The highest BCUT2D eigenvalue weighted by molar-refractivity contribution is 7.14. The van der Waals surface area contributed by atoms with E-state index in [0.717, 1.165) is 17.9 Å². The Morgan fingerprint density at radius 1 is 1.10 bits per heavy atom. The smallest absolute Gasteiger partial charge is 0.411 e. The molecule has 3 amide bonds. The van der Waals surface area contributed by atoms with Gasteiger partial charge in [0.15, 0.2) is 5.13 Å². The fraction of sp³-hybridized carbons (Fsp3) is 0.429. The highest BCUT2D eigenvalue weighted by Crippen LogP contribution is 2.18. The predicted octanol–water partition coefficient (Wildman–Crippen LogP) is 3.42. The molecule has 3 N–H and O–H groups in total. The van der Waals surface area contributed by atoms with Crippen LogP contribution in [0.4, 0.5) is 15.6 Å². The number of hydrogen-bond acceptors (Lipinski definition) is 7. The van der Waals surface area contributed by atoms with Crippen LogP contribution in [0, 0.1) is 0 Å². The molecule has 9 nitrogen and oxygen atoms in total. The number of ether oxygens (including phenoxy) is 1. The first-order valence-corrected chi connectivity index (χ1v) is 10.8. The minimum atomic E-state index is -0.627. The van der Waals surface area contributed by atoms with Crippen molar-refractivity contribution in [1.82, 2.24) is 15.2 Å². The van der Waals surface area contributed by atoms with Gasteiger partial charge in [0.1, 0.15) is 5.69 Å². The van der Waals surface area contributed by atoms with E-state index in [-0.39, 0.29) is 11.6 Å². The number of hydrogen-bond donors (Lipinski definition) is 3. The van der Waals surface area contributed by atoms with Gasteiger partial charge in [-0.1, -0.05) is 6.07 Å². The Labute approximate surface area is 186 Å². The van der Waals surface area contributed by atoms with Gasteiger partial charge in [-0.25, -0.2) is 9.78 Å². The molecule has 0 aliphatic carbocycles. The zero-order chi connectivity index (χ0) is 23.0. The maximum atomic E-state index is 12.5.